The summed E-state index contributed by atoms with van der Waals surface area (Å²) in [6, 6.07) is 9.49. The van der Waals surface area contributed by atoms with E-state index in [1.165, 1.54) is 16.8 Å². The molecule has 0 saturated heterocycles. The van der Waals surface area contributed by atoms with Crippen LogP contribution < -0.4 is 16.4 Å². The summed E-state index contributed by atoms with van der Waals surface area (Å²) in [6.07, 6.45) is 2.60. The molecule has 32 heavy (non-hydrogen) atoms. The van der Waals surface area contributed by atoms with E-state index < -0.39 is 17.6 Å². The van der Waals surface area contributed by atoms with Crippen LogP contribution in [0.3, 0.4) is 0 Å². The zero-order valence-electron chi connectivity index (χ0n) is 17.0. The highest BCUT2D eigenvalue weighted by molar-refractivity contribution is 6.30. The number of primary amides is 1. The molecule has 1 aliphatic rings. The Hall–Kier alpha value is -3.46. The van der Waals surface area contributed by atoms with Gasteiger partial charge in [0.25, 0.3) is 5.91 Å². The monoisotopic (exact) mass is 457 g/mol. The van der Waals surface area contributed by atoms with Crippen molar-refractivity contribution in [1.29, 1.82) is 0 Å². The van der Waals surface area contributed by atoms with Gasteiger partial charge in [-0.2, -0.15) is 5.10 Å². The van der Waals surface area contributed by atoms with Crippen molar-refractivity contribution in [2.45, 2.75) is 32.4 Å². The van der Waals surface area contributed by atoms with Gasteiger partial charge >= 0.3 is 0 Å². The first-order chi connectivity index (χ1) is 15.3. The molecule has 0 unspecified atom stereocenters. The summed E-state index contributed by atoms with van der Waals surface area (Å²) >= 11 is 5.76. The van der Waals surface area contributed by atoms with Crippen LogP contribution in [0, 0.1) is 11.7 Å². The summed E-state index contributed by atoms with van der Waals surface area (Å²) in [5.41, 5.74) is 6.72. The van der Waals surface area contributed by atoms with Crippen molar-refractivity contribution in [3.63, 3.8) is 0 Å². The molecule has 166 valence electrons. The lowest BCUT2D eigenvalue weighted by molar-refractivity contribution is -0.122. The number of anilines is 1. The smallest absolute Gasteiger partial charge is 0.269 e. The maximum absolute atomic E-state index is 14.0. The van der Waals surface area contributed by atoms with Crippen LogP contribution in [0.25, 0.3) is 10.9 Å². The number of nitrogens with two attached hydrogens (primary N) is 1. The van der Waals surface area contributed by atoms with Crippen LogP contribution >= 0.6 is 11.6 Å². The first-order valence-corrected chi connectivity index (χ1v) is 10.5. The number of carbonyl (C=O) groups is 3. The molecule has 8 nitrogen and oxygen atoms in total. The summed E-state index contributed by atoms with van der Waals surface area (Å²) in [4.78, 5) is 36.4. The topological polar surface area (TPSA) is 119 Å². The van der Waals surface area contributed by atoms with E-state index in [2.05, 4.69) is 15.7 Å². The summed E-state index contributed by atoms with van der Waals surface area (Å²) < 4.78 is 15.3. The molecule has 1 heterocycles. The Morgan fingerprint density at radius 3 is 2.69 bits per heavy atom. The Balaban J connectivity index is 1.50. The first-order valence-electron chi connectivity index (χ1n) is 10.1. The number of halogens is 2. The molecule has 0 spiro atoms. The maximum Gasteiger partial charge on any atom is 0.269 e. The minimum atomic E-state index is -0.753. The Bertz CT molecular complexity index is 1220. The fourth-order valence-corrected chi connectivity index (χ4v) is 3.62. The maximum atomic E-state index is 14.0. The number of rotatable bonds is 8. The highest BCUT2D eigenvalue weighted by Crippen LogP contribution is 2.32. The molecule has 0 atom stereocenters. The Kier molecular flexibility index (Phi) is 6.09. The van der Waals surface area contributed by atoms with Crippen LogP contribution in [0.5, 0.6) is 0 Å². The van der Waals surface area contributed by atoms with Gasteiger partial charge in [-0.1, -0.05) is 23.7 Å². The van der Waals surface area contributed by atoms with Gasteiger partial charge in [0.1, 0.15) is 12.4 Å². The van der Waals surface area contributed by atoms with E-state index in [1.54, 1.807) is 24.3 Å². The molecule has 3 amide bonds. The molecule has 1 saturated carbocycles. The van der Waals surface area contributed by atoms with Gasteiger partial charge in [-0.25, -0.2) is 4.39 Å². The average Bonchev–Trinajstić information content (AvgIpc) is 3.48. The molecule has 4 N–H and O–H groups in total. The van der Waals surface area contributed by atoms with Crippen LogP contribution in [0.2, 0.25) is 5.02 Å². The average molecular weight is 458 g/mol. The number of carbonyl (C=O) groups excluding carboxylic acids is 3. The van der Waals surface area contributed by atoms with Crippen molar-refractivity contribution in [2.75, 3.05) is 5.32 Å². The molecule has 1 aromatic heterocycles. The normalized spacial score (nSPS) is 13.2. The lowest BCUT2D eigenvalue weighted by Gasteiger charge is -2.08. The van der Waals surface area contributed by atoms with Crippen LogP contribution in [-0.4, -0.2) is 27.5 Å². The van der Waals surface area contributed by atoms with Crippen LogP contribution in [0.4, 0.5) is 10.1 Å². The van der Waals surface area contributed by atoms with E-state index in [0.29, 0.717) is 28.9 Å². The van der Waals surface area contributed by atoms with Crippen molar-refractivity contribution < 1.29 is 18.8 Å². The molecular formula is C22H21ClFN5O3. The molecule has 2 aromatic carbocycles. The fraction of sp³-hybridized carbons (Fsp3) is 0.273. The lowest BCUT2D eigenvalue weighted by Crippen LogP contribution is -2.28. The van der Waals surface area contributed by atoms with Crippen molar-refractivity contribution >= 4 is 45.9 Å². The summed E-state index contributed by atoms with van der Waals surface area (Å²) in [7, 11) is 0. The van der Waals surface area contributed by atoms with Crippen LogP contribution in [-0.2, 0) is 22.7 Å². The molecule has 10 heteroatoms. The van der Waals surface area contributed by atoms with Crippen molar-refractivity contribution in [1.82, 2.24) is 15.1 Å². The fourth-order valence-electron chi connectivity index (χ4n) is 3.43. The number of amides is 3. The number of aromatic nitrogens is 2. The van der Waals surface area contributed by atoms with Gasteiger partial charge in [0, 0.05) is 29.6 Å². The van der Waals surface area contributed by atoms with Gasteiger partial charge in [-0.05, 0) is 43.0 Å². The molecule has 4 rings (SSSR count). The van der Waals surface area contributed by atoms with E-state index in [9.17, 15) is 18.8 Å². The predicted octanol–water partition coefficient (Wildman–Crippen LogP) is 2.98. The van der Waals surface area contributed by atoms with Gasteiger partial charge < -0.3 is 16.4 Å². The quantitative estimate of drug-likeness (QED) is 0.481. The second kappa shape index (κ2) is 8.96. The van der Waals surface area contributed by atoms with Crippen molar-refractivity contribution in [3.05, 3.63) is 58.5 Å². The number of hydrogen-bond donors (Lipinski definition) is 3. The van der Waals surface area contributed by atoms with Gasteiger partial charge in [0.15, 0.2) is 5.69 Å². The molecular weight excluding hydrogens is 437 g/mol. The summed E-state index contributed by atoms with van der Waals surface area (Å²) in [5, 5.41) is 9.99. The largest absolute Gasteiger partial charge is 0.364 e. The molecule has 0 aliphatic heterocycles. The van der Waals surface area contributed by atoms with Crippen molar-refractivity contribution in [2.24, 2.45) is 11.7 Å². The second-order valence-corrected chi connectivity index (χ2v) is 8.19. The van der Waals surface area contributed by atoms with Gasteiger partial charge in [0.2, 0.25) is 11.8 Å². The van der Waals surface area contributed by atoms with E-state index in [4.69, 9.17) is 17.3 Å². The van der Waals surface area contributed by atoms with Gasteiger partial charge in [0.05, 0.1) is 10.5 Å². The zero-order chi connectivity index (χ0) is 22.8. The third-order valence-corrected chi connectivity index (χ3v) is 5.53. The lowest BCUT2D eigenvalue weighted by atomic mass is 10.1. The van der Waals surface area contributed by atoms with E-state index in [0.717, 1.165) is 12.8 Å². The van der Waals surface area contributed by atoms with Gasteiger partial charge in [-0.3, -0.25) is 19.1 Å². The minimum Gasteiger partial charge on any atom is -0.364 e. The third-order valence-electron chi connectivity index (χ3n) is 5.24. The van der Waals surface area contributed by atoms with E-state index >= 15 is 0 Å². The van der Waals surface area contributed by atoms with Gasteiger partial charge in [-0.15, -0.1) is 0 Å². The third kappa shape index (κ3) is 4.88. The highest BCUT2D eigenvalue weighted by atomic mass is 35.5. The molecule has 1 fully saturated rings. The summed E-state index contributed by atoms with van der Waals surface area (Å²) in [6.45, 7) is -0.260. The molecule has 3 aromatic rings. The number of hydrogen-bond acceptors (Lipinski definition) is 4. The molecule has 0 bridgehead atoms. The summed E-state index contributed by atoms with van der Waals surface area (Å²) in [5.74, 6) is -1.43. The van der Waals surface area contributed by atoms with E-state index in [1.807, 2.05) is 0 Å². The number of benzene rings is 2. The second-order valence-electron chi connectivity index (χ2n) is 7.79. The Morgan fingerprint density at radius 1 is 1.19 bits per heavy atom. The van der Waals surface area contributed by atoms with Crippen LogP contribution in [0.1, 0.15) is 35.3 Å². The number of fused-ring (bicyclic) bond motifs is 1. The molecule has 1 aliphatic carbocycles. The first kappa shape index (κ1) is 21.8. The Morgan fingerprint density at radius 2 is 1.97 bits per heavy atom. The zero-order valence-corrected chi connectivity index (χ0v) is 17.8. The number of nitrogens with one attached hydrogen (secondary N) is 2. The number of nitrogens with zero attached hydrogens (tertiary/aromatic N) is 2. The predicted molar refractivity (Wildman–Crippen MR) is 117 cm³/mol. The van der Waals surface area contributed by atoms with E-state index in [-0.39, 0.29) is 35.3 Å². The minimum absolute atomic E-state index is 0.00743. The van der Waals surface area contributed by atoms with Crippen LogP contribution in [0.15, 0.2) is 36.4 Å². The molecule has 0 radical (unpaired) electrons. The Labute approximate surface area is 187 Å². The van der Waals surface area contributed by atoms with Crippen molar-refractivity contribution in [3.8, 4) is 0 Å². The SMILES string of the molecule is NC(=O)c1nn(CC(=O)NCc2cccc(Cl)c2F)c2ccc(NC(=O)CC3CC3)cc12. The highest BCUT2D eigenvalue weighted by Gasteiger charge is 2.24. The standard InChI is InChI=1S/C22H21ClFN5O3/c23-16-3-1-2-13(20(16)24)10-26-19(31)11-29-17-7-6-14(27-18(30)8-12-4-5-12)9-15(17)21(28-29)22(25)32/h1-3,6-7,9,12H,4-5,8,10-11H2,(H2,25,32)(H,26,31)(H,27,30).